The molecule has 0 heterocycles. The second-order valence-corrected chi connectivity index (χ2v) is 4.34. The maximum atomic E-state index is 4.53. The molecule has 4 nitrogen and oxygen atoms in total. The van der Waals surface area contributed by atoms with Gasteiger partial charge in [0.1, 0.15) is 0 Å². The first-order valence-corrected chi connectivity index (χ1v) is 5.92. The maximum absolute atomic E-state index is 4.53. The molecule has 2 N–H and O–H groups in total. The predicted molar refractivity (Wildman–Crippen MR) is 80.7 cm³/mol. The Balaban J connectivity index is 0.00000225. The van der Waals surface area contributed by atoms with Gasteiger partial charge in [-0.05, 0) is 46.8 Å². The van der Waals surface area contributed by atoms with Gasteiger partial charge in [-0.3, -0.25) is 4.99 Å². The van der Waals surface area contributed by atoms with Crippen molar-refractivity contribution in [1.29, 1.82) is 0 Å². The highest BCUT2D eigenvalue weighted by Crippen LogP contribution is 2.18. The molecule has 0 unspecified atom stereocenters. The highest BCUT2D eigenvalue weighted by atomic mass is 127. The lowest BCUT2D eigenvalue weighted by atomic mass is 10.4. The molecule has 0 aromatic rings. The van der Waals surface area contributed by atoms with Gasteiger partial charge < -0.3 is 15.5 Å². The van der Waals surface area contributed by atoms with Crippen molar-refractivity contribution >= 4 is 29.9 Å². The molecule has 96 valence electrons. The fraction of sp³-hybridized carbons (Fsp3) is 0.909. The van der Waals surface area contributed by atoms with Gasteiger partial charge in [0.05, 0.1) is 0 Å². The zero-order valence-corrected chi connectivity index (χ0v) is 13.0. The highest BCUT2D eigenvalue weighted by Gasteiger charge is 2.21. The fourth-order valence-electron chi connectivity index (χ4n) is 1.32. The average Bonchev–Trinajstić information content (AvgIpc) is 2.96. The van der Waals surface area contributed by atoms with Crippen molar-refractivity contribution in [3.8, 4) is 0 Å². The first-order chi connectivity index (χ1) is 7.22. The number of nitrogens with one attached hydrogen (secondary N) is 2. The number of hydrogen-bond donors (Lipinski definition) is 2. The number of aliphatic imine (C=N–C) groups is 1. The average molecular weight is 340 g/mol. The van der Waals surface area contributed by atoms with E-state index in [-0.39, 0.29) is 24.0 Å². The molecule has 0 radical (unpaired) electrons. The number of rotatable bonds is 6. The maximum Gasteiger partial charge on any atom is 0.191 e. The summed E-state index contributed by atoms with van der Waals surface area (Å²) in [5, 5.41) is 6.67. The molecule has 0 amide bonds. The molecular weight excluding hydrogens is 315 g/mol. The summed E-state index contributed by atoms with van der Waals surface area (Å²) in [5.74, 6) is 0.985. The normalized spacial score (nSPS) is 15.9. The van der Waals surface area contributed by atoms with E-state index in [0.717, 1.165) is 32.0 Å². The number of halogens is 1. The molecule has 16 heavy (non-hydrogen) atoms. The van der Waals surface area contributed by atoms with Crippen molar-refractivity contribution < 1.29 is 0 Å². The lowest BCUT2D eigenvalue weighted by Gasteiger charge is -2.11. The van der Waals surface area contributed by atoms with E-state index >= 15 is 0 Å². The fourth-order valence-corrected chi connectivity index (χ4v) is 1.32. The monoisotopic (exact) mass is 340 g/mol. The second-order valence-electron chi connectivity index (χ2n) is 4.34. The van der Waals surface area contributed by atoms with Gasteiger partial charge >= 0.3 is 0 Å². The molecular formula is C11H25IN4. The van der Waals surface area contributed by atoms with E-state index in [1.54, 1.807) is 0 Å². The summed E-state index contributed by atoms with van der Waals surface area (Å²) >= 11 is 0. The molecule has 1 aliphatic carbocycles. The molecule has 1 rings (SSSR count). The summed E-state index contributed by atoms with van der Waals surface area (Å²) < 4.78 is 0. The molecule has 0 aromatic heterocycles. The van der Waals surface area contributed by atoms with Crippen molar-refractivity contribution in [3.05, 3.63) is 0 Å². The molecule has 1 saturated carbocycles. The van der Waals surface area contributed by atoms with Crippen LogP contribution in [0.25, 0.3) is 0 Å². The van der Waals surface area contributed by atoms with E-state index in [9.17, 15) is 0 Å². The zero-order valence-electron chi connectivity index (χ0n) is 10.6. The molecule has 1 aliphatic rings. The van der Waals surface area contributed by atoms with Crippen LogP contribution in [0.15, 0.2) is 4.99 Å². The van der Waals surface area contributed by atoms with Crippen LogP contribution in [0.5, 0.6) is 0 Å². The topological polar surface area (TPSA) is 39.7 Å². The van der Waals surface area contributed by atoms with E-state index < -0.39 is 0 Å². The third kappa shape index (κ3) is 8.15. The summed E-state index contributed by atoms with van der Waals surface area (Å²) in [4.78, 5) is 6.72. The van der Waals surface area contributed by atoms with Crippen molar-refractivity contribution in [2.75, 3.05) is 33.7 Å². The van der Waals surface area contributed by atoms with Crippen LogP contribution in [-0.4, -0.2) is 50.6 Å². The lowest BCUT2D eigenvalue weighted by molar-refractivity contribution is 0.403. The van der Waals surface area contributed by atoms with E-state index in [2.05, 4.69) is 41.5 Å². The number of guanidine groups is 1. The van der Waals surface area contributed by atoms with Gasteiger partial charge in [0.25, 0.3) is 0 Å². The van der Waals surface area contributed by atoms with Crippen molar-refractivity contribution in [2.45, 2.75) is 32.2 Å². The summed E-state index contributed by atoms with van der Waals surface area (Å²) in [6.45, 7) is 5.04. The van der Waals surface area contributed by atoms with Gasteiger partial charge in [0.2, 0.25) is 0 Å². The summed E-state index contributed by atoms with van der Waals surface area (Å²) in [7, 11) is 4.19. The molecule has 1 fully saturated rings. The first-order valence-electron chi connectivity index (χ1n) is 5.92. The Morgan fingerprint density at radius 2 is 2.06 bits per heavy atom. The van der Waals surface area contributed by atoms with Crippen LogP contribution in [0.2, 0.25) is 0 Å². The standard InChI is InChI=1S/C11H24N4.HI/c1-4-12-11(14-10-6-7-10)13-8-5-9-15(2)3;/h10H,4-9H2,1-3H3,(H2,12,13,14);1H. The SMILES string of the molecule is CCNC(=NCCCN(C)C)NC1CC1.I. The van der Waals surface area contributed by atoms with Crippen LogP contribution in [0, 0.1) is 0 Å². The highest BCUT2D eigenvalue weighted by molar-refractivity contribution is 14.0. The minimum Gasteiger partial charge on any atom is -0.357 e. The van der Waals surface area contributed by atoms with Crippen LogP contribution >= 0.6 is 24.0 Å². The molecule has 0 aliphatic heterocycles. The largest absolute Gasteiger partial charge is 0.357 e. The van der Waals surface area contributed by atoms with Crippen LogP contribution < -0.4 is 10.6 Å². The Bertz CT molecular complexity index is 202. The number of hydrogen-bond acceptors (Lipinski definition) is 2. The third-order valence-electron chi connectivity index (χ3n) is 2.30. The van der Waals surface area contributed by atoms with E-state index in [0.29, 0.717) is 6.04 Å². The summed E-state index contributed by atoms with van der Waals surface area (Å²) in [6, 6.07) is 0.677. The van der Waals surface area contributed by atoms with Gasteiger partial charge in [-0.15, -0.1) is 24.0 Å². The lowest BCUT2D eigenvalue weighted by Crippen LogP contribution is -2.38. The first kappa shape index (κ1) is 16.0. The van der Waals surface area contributed by atoms with Crippen molar-refractivity contribution in [3.63, 3.8) is 0 Å². The Kier molecular flexibility index (Phi) is 9.02. The van der Waals surface area contributed by atoms with Crippen LogP contribution in [0.3, 0.4) is 0 Å². The van der Waals surface area contributed by atoms with Crippen LogP contribution in [0.4, 0.5) is 0 Å². The van der Waals surface area contributed by atoms with Crippen LogP contribution in [0.1, 0.15) is 26.2 Å². The van der Waals surface area contributed by atoms with Gasteiger partial charge in [-0.25, -0.2) is 0 Å². The summed E-state index contributed by atoms with van der Waals surface area (Å²) in [5.41, 5.74) is 0. The Morgan fingerprint density at radius 1 is 1.38 bits per heavy atom. The quantitative estimate of drug-likeness (QED) is 0.331. The Morgan fingerprint density at radius 3 is 2.56 bits per heavy atom. The van der Waals surface area contributed by atoms with E-state index in [1.165, 1.54) is 12.8 Å². The van der Waals surface area contributed by atoms with Gasteiger partial charge in [-0.2, -0.15) is 0 Å². The molecule has 0 bridgehead atoms. The van der Waals surface area contributed by atoms with E-state index in [4.69, 9.17) is 0 Å². The summed E-state index contributed by atoms with van der Waals surface area (Å²) in [6.07, 6.45) is 3.71. The second kappa shape index (κ2) is 9.04. The number of nitrogens with zero attached hydrogens (tertiary/aromatic N) is 2. The van der Waals surface area contributed by atoms with Crippen molar-refractivity contribution in [2.24, 2.45) is 4.99 Å². The van der Waals surface area contributed by atoms with E-state index in [1.807, 2.05) is 0 Å². The minimum atomic E-state index is 0. The van der Waals surface area contributed by atoms with Crippen molar-refractivity contribution in [1.82, 2.24) is 15.5 Å². The predicted octanol–water partition coefficient (Wildman–Crippen LogP) is 1.27. The van der Waals surface area contributed by atoms with Gasteiger partial charge in [0, 0.05) is 19.1 Å². The minimum absolute atomic E-state index is 0. The smallest absolute Gasteiger partial charge is 0.191 e. The Hall–Kier alpha value is -0.0400. The van der Waals surface area contributed by atoms with Gasteiger partial charge in [-0.1, -0.05) is 0 Å². The molecule has 0 spiro atoms. The van der Waals surface area contributed by atoms with Crippen LogP contribution in [-0.2, 0) is 0 Å². The third-order valence-corrected chi connectivity index (χ3v) is 2.30. The molecule has 5 heteroatoms. The molecule has 0 aromatic carbocycles. The molecule has 0 saturated heterocycles. The van der Waals surface area contributed by atoms with Gasteiger partial charge in [0.15, 0.2) is 5.96 Å². The zero-order chi connectivity index (χ0) is 11.1. The molecule has 0 atom stereocenters. The Labute approximate surface area is 116 Å².